The number of non-ortho nitro benzene ring substituents is 1. The molecule has 0 saturated carbocycles. The summed E-state index contributed by atoms with van der Waals surface area (Å²) in [5.74, 6) is -0.0371. The first-order valence-electron chi connectivity index (χ1n) is 7.80. The highest BCUT2D eigenvalue weighted by atomic mass is 16.6. The summed E-state index contributed by atoms with van der Waals surface area (Å²) in [5.41, 5.74) is 0.996. The minimum atomic E-state index is -0.422. The van der Waals surface area contributed by atoms with E-state index in [0.29, 0.717) is 13.1 Å². The molecule has 1 aromatic rings. The van der Waals surface area contributed by atoms with Gasteiger partial charge in [0.05, 0.1) is 17.1 Å². The molecule has 126 valence electrons. The minimum absolute atomic E-state index is 0.0371. The predicted octanol–water partition coefficient (Wildman–Crippen LogP) is 1.71. The molecule has 1 heterocycles. The summed E-state index contributed by atoms with van der Waals surface area (Å²) in [7, 11) is 1.86. The minimum Gasteiger partial charge on any atom is -0.376 e. The Morgan fingerprint density at radius 3 is 2.74 bits per heavy atom. The lowest BCUT2D eigenvalue weighted by Crippen LogP contribution is -2.45. The fraction of sp³-hybridized carbons (Fsp3) is 0.562. The van der Waals surface area contributed by atoms with Gasteiger partial charge in [-0.05, 0) is 32.4 Å². The van der Waals surface area contributed by atoms with Gasteiger partial charge in [0, 0.05) is 31.8 Å². The fourth-order valence-corrected chi connectivity index (χ4v) is 2.52. The van der Waals surface area contributed by atoms with Gasteiger partial charge in [0.25, 0.3) is 5.69 Å². The van der Waals surface area contributed by atoms with Crippen molar-refractivity contribution in [2.24, 2.45) is 0 Å². The quantitative estimate of drug-likeness (QED) is 0.610. The van der Waals surface area contributed by atoms with E-state index >= 15 is 0 Å². The van der Waals surface area contributed by atoms with Crippen LogP contribution in [0.2, 0.25) is 0 Å². The Balaban J connectivity index is 1.82. The predicted molar refractivity (Wildman–Crippen MR) is 86.0 cm³/mol. The zero-order valence-electron chi connectivity index (χ0n) is 13.5. The average Bonchev–Trinajstić information content (AvgIpc) is 3.05. The molecule has 7 nitrogen and oxygen atoms in total. The highest BCUT2D eigenvalue weighted by molar-refractivity contribution is 5.81. The molecule has 7 heteroatoms. The monoisotopic (exact) mass is 321 g/mol. The van der Waals surface area contributed by atoms with Gasteiger partial charge in [0.2, 0.25) is 5.91 Å². The second-order valence-electron chi connectivity index (χ2n) is 5.89. The smallest absolute Gasteiger partial charge is 0.269 e. The molecule has 0 radical (unpaired) electrons. The summed E-state index contributed by atoms with van der Waals surface area (Å²) >= 11 is 0. The Kier molecular flexibility index (Phi) is 6.06. The lowest BCUT2D eigenvalue weighted by atomic mass is 10.1. The van der Waals surface area contributed by atoms with Crippen molar-refractivity contribution < 1.29 is 14.5 Å². The normalized spacial score (nSPS) is 18.8. The van der Waals surface area contributed by atoms with E-state index < -0.39 is 4.92 Å². The van der Waals surface area contributed by atoms with E-state index in [-0.39, 0.29) is 23.7 Å². The molecule has 0 aromatic heterocycles. The lowest BCUT2D eigenvalue weighted by Gasteiger charge is -2.24. The van der Waals surface area contributed by atoms with Gasteiger partial charge in [-0.15, -0.1) is 0 Å². The number of benzene rings is 1. The Morgan fingerprint density at radius 2 is 2.17 bits per heavy atom. The van der Waals surface area contributed by atoms with Crippen LogP contribution in [0.4, 0.5) is 5.69 Å². The molecule has 1 saturated heterocycles. The molecular formula is C16H23N3O4. The van der Waals surface area contributed by atoms with Crippen LogP contribution in [0, 0.1) is 10.1 Å². The van der Waals surface area contributed by atoms with Crippen molar-refractivity contribution in [3.8, 4) is 0 Å². The maximum atomic E-state index is 12.2. The van der Waals surface area contributed by atoms with Crippen LogP contribution in [-0.2, 0) is 16.1 Å². The molecule has 1 aliphatic rings. The van der Waals surface area contributed by atoms with Crippen LogP contribution in [0.3, 0.4) is 0 Å². The number of carbonyl (C=O) groups is 1. The van der Waals surface area contributed by atoms with Gasteiger partial charge in [-0.3, -0.25) is 19.8 Å². The number of hydrogen-bond donors (Lipinski definition) is 1. The molecule has 0 bridgehead atoms. The Hall–Kier alpha value is -1.99. The zero-order valence-corrected chi connectivity index (χ0v) is 13.5. The van der Waals surface area contributed by atoms with E-state index in [1.807, 2.05) is 18.9 Å². The van der Waals surface area contributed by atoms with E-state index in [1.54, 1.807) is 12.1 Å². The standard InChI is InChI=1S/C16H23N3O4/c1-12(16(20)17-10-15-4-3-9-23-15)18(2)11-13-5-7-14(8-6-13)19(21)22/h5-8,12,15H,3-4,9-11H2,1-2H3,(H,17,20)/t12-,15+/m0/s1. The van der Waals surface area contributed by atoms with Crippen molar-refractivity contribution in [3.63, 3.8) is 0 Å². The number of nitro groups is 1. The second-order valence-corrected chi connectivity index (χ2v) is 5.89. The number of carbonyl (C=O) groups excluding carboxylic acids is 1. The van der Waals surface area contributed by atoms with Crippen molar-refractivity contribution in [1.82, 2.24) is 10.2 Å². The van der Waals surface area contributed by atoms with E-state index in [2.05, 4.69) is 5.32 Å². The van der Waals surface area contributed by atoms with E-state index in [9.17, 15) is 14.9 Å². The van der Waals surface area contributed by atoms with Gasteiger partial charge in [0.1, 0.15) is 0 Å². The van der Waals surface area contributed by atoms with Gasteiger partial charge in [-0.25, -0.2) is 0 Å². The number of ether oxygens (including phenoxy) is 1. The van der Waals surface area contributed by atoms with Crippen molar-refractivity contribution in [2.45, 2.75) is 38.5 Å². The third-order valence-electron chi connectivity index (χ3n) is 4.15. The zero-order chi connectivity index (χ0) is 16.8. The van der Waals surface area contributed by atoms with Crippen molar-refractivity contribution in [3.05, 3.63) is 39.9 Å². The maximum Gasteiger partial charge on any atom is 0.269 e. The first-order chi connectivity index (χ1) is 11.0. The van der Waals surface area contributed by atoms with Gasteiger partial charge in [-0.2, -0.15) is 0 Å². The third kappa shape index (κ3) is 5.01. The largest absolute Gasteiger partial charge is 0.376 e. The van der Waals surface area contributed by atoms with Crippen LogP contribution in [0.1, 0.15) is 25.3 Å². The topological polar surface area (TPSA) is 84.7 Å². The summed E-state index contributed by atoms with van der Waals surface area (Å²) in [5, 5.41) is 13.6. The maximum absolute atomic E-state index is 12.2. The van der Waals surface area contributed by atoms with Gasteiger partial charge in [-0.1, -0.05) is 12.1 Å². The molecule has 1 aromatic carbocycles. The molecule has 0 unspecified atom stereocenters. The summed E-state index contributed by atoms with van der Waals surface area (Å²) in [4.78, 5) is 24.3. The molecule has 2 atom stereocenters. The highest BCUT2D eigenvalue weighted by Crippen LogP contribution is 2.14. The summed E-state index contributed by atoms with van der Waals surface area (Å²) in [6.45, 7) is 3.72. The molecule has 0 aliphatic carbocycles. The van der Waals surface area contributed by atoms with E-state index in [0.717, 1.165) is 25.0 Å². The van der Waals surface area contributed by atoms with Crippen LogP contribution in [-0.4, -0.2) is 48.1 Å². The molecule has 2 rings (SSSR count). The fourth-order valence-electron chi connectivity index (χ4n) is 2.52. The third-order valence-corrected chi connectivity index (χ3v) is 4.15. The molecule has 1 aliphatic heterocycles. The highest BCUT2D eigenvalue weighted by Gasteiger charge is 2.21. The van der Waals surface area contributed by atoms with E-state index in [1.165, 1.54) is 12.1 Å². The number of rotatable bonds is 7. The second kappa shape index (κ2) is 8.03. The lowest BCUT2D eigenvalue weighted by molar-refractivity contribution is -0.384. The van der Waals surface area contributed by atoms with Gasteiger partial charge in [0.15, 0.2) is 0 Å². The number of nitrogens with zero attached hydrogens (tertiary/aromatic N) is 2. The summed E-state index contributed by atoms with van der Waals surface area (Å²) in [6, 6.07) is 6.10. The van der Waals surface area contributed by atoms with E-state index in [4.69, 9.17) is 4.74 Å². The molecule has 1 fully saturated rings. The van der Waals surface area contributed by atoms with Gasteiger partial charge >= 0.3 is 0 Å². The number of nitro benzene ring substituents is 1. The molecule has 23 heavy (non-hydrogen) atoms. The first-order valence-corrected chi connectivity index (χ1v) is 7.80. The van der Waals surface area contributed by atoms with Crippen molar-refractivity contribution in [2.75, 3.05) is 20.2 Å². The Labute approximate surface area is 135 Å². The Bertz CT molecular complexity index is 541. The average molecular weight is 321 g/mol. The van der Waals surface area contributed by atoms with Crippen LogP contribution in [0.25, 0.3) is 0 Å². The first kappa shape index (κ1) is 17.4. The molecule has 1 amide bonds. The SMILES string of the molecule is C[C@@H](C(=O)NC[C@H]1CCCO1)N(C)Cc1ccc([N+](=O)[O-])cc1. The van der Waals surface area contributed by atoms with Crippen LogP contribution in [0.5, 0.6) is 0 Å². The summed E-state index contributed by atoms with van der Waals surface area (Å²) in [6.07, 6.45) is 2.18. The molecular weight excluding hydrogens is 298 g/mol. The molecule has 1 N–H and O–H groups in total. The van der Waals surface area contributed by atoms with Crippen LogP contribution in [0.15, 0.2) is 24.3 Å². The summed E-state index contributed by atoms with van der Waals surface area (Å²) < 4.78 is 5.49. The van der Waals surface area contributed by atoms with Crippen molar-refractivity contribution >= 4 is 11.6 Å². The number of amides is 1. The number of likely N-dealkylation sites (N-methyl/N-ethyl adjacent to an activating group) is 1. The molecule has 0 spiro atoms. The van der Waals surface area contributed by atoms with Crippen molar-refractivity contribution in [1.29, 1.82) is 0 Å². The van der Waals surface area contributed by atoms with Gasteiger partial charge < -0.3 is 10.1 Å². The number of nitrogens with one attached hydrogen (secondary N) is 1. The number of hydrogen-bond acceptors (Lipinski definition) is 5. The van der Waals surface area contributed by atoms with Crippen LogP contribution >= 0.6 is 0 Å². The Morgan fingerprint density at radius 1 is 1.48 bits per heavy atom. The van der Waals surface area contributed by atoms with Crippen LogP contribution < -0.4 is 5.32 Å².